The van der Waals surface area contributed by atoms with Crippen LogP contribution in [0.15, 0.2) is 12.5 Å². The van der Waals surface area contributed by atoms with Crippen LogP contribution in [0.25, 0.3) is 0 Å². The van der Waals surface area contributed by atoms with Crippen molar-refractivity contribution in [3.8, 4) is 0 Å². The quantitative estimate of drug-likeness (QED) is 0.702. The maximum Gasteiger partial charge on any atom is 0.356 e. The van der Waals surface area contributed by atoms with E-state index in [9.17, 15) is 9.59 Å². The van der Waals surface area contributed by atoms with E-state index in [0.29, 0.717) is 19.0 Å². The summed E-state index contributed by atoms with van der Waals surface area (Å²) in [5, 5.41) is 14.3. The zero-order valence-electron chi connectivity index (χ0n) is 12.1. The molecule has 2 amide bonds. The van der Waals surface area contributed by atoms with Crippen LogP contribution in [0.3, 0.4) is 0 Å². The highest BCUT2D eigenvalue weighted by Crippen LogP contribution is 2.03. The molecule has 0 aliphatic heterocycles. The molecule has 0 bridgehead atoms. The van der Waals surface area contributed by atoms with Crippen molar-refractivity contribution in [2.24, 2.45) is 5.92 Å². The van der Waals surface area contributed by atoms with Crippen molar-refractivity contribution in [1.82, 2.24) is 20.2 Å². The van der Waals surface area contributed by atoms with E-state index < -0.39 is 5.97 Å². The minimum Gasteiger partial charge on any atom is -0.476 e. The Labute approximate surface area is 118 Å². The lowest BCUT2D eigenvalue weighted by Crippen LogP contribution is -2.42. The average molecular weight is 282 g/mol. The van der Waals surface area contributed by atoms with E-state index in [1.165, 1.54) is 12.5 Å². The molecule has 1 aromatic heterocycles. The van der Waals surface area contributed by atoms with E-state index in [1.54, 1.807) is 4.57 Å². The van der Waals surface area contributed by atoms with Gasteiger partial charge in [0.1, 0.15) is 0 Å². The molecule has 1 rings (SSSR count). The van der Waals surface area contributed by atoms with Gasteiger partial charge in [0.05, 0.1) is 6.33 Å². The Morgan fingerprint density at radius 3 is 2.65 bits per heavy atom. The zero-order chi connectivity index (χ0) is 15.1. The van der Waals surface area contributed by atoms with Gasteiger partial charge in [0, 0.05) is 25.3 Å². The number of nitrogens with zero attached hydrogens (tertiary/aromatic N) is 2. The van der Waals surface area contributed by atoms with Crippen LogP contribution in [0.2, 0.25) is 0 Å². The molecule has 20 heavy (non-hydrogen) atoms. The van der Waals surface area contributed by atoms with E-state index in [4.69, 9.17) is 5.11 Å². The van der Waals surface area contributed by atoms with Crippen LogP contribution in [-0.2, 0) is 6.54 Å². The molecule has 0 aromatic carbocycles. The molecule has 1 heterocycles. The van der Waals surface area contributed by atoms with E-state index in [1.807, 2.05) is 6.92 Å². The van der Waals surface area contributed by atoms with Crippen LogP contribution in [0, 0.1) is 5.92 Å². The Morgan fingerprint density at radius 1 is 1.40 bits per heavy atom. The average Bonchev–Trinajstić information content (AvgIpc) is 2.76. The number of amides is 2. The predicted octanol–water partition coefficient (Wildman–Crippen LogP) is 1.32. The summed E-state index contributed by atoms with van der Waals surface area (Å²) in [6.45, 7) is 7.07. The number of carbonyl (C=O) groups is 2. The Kier molecular flexibility index (Phi) is 6.02. The van der Waals surface area contributed by atoms with Gasteiger partial charge in [0.25, 0.3) is 0 Å². The number of nitrogens with one attached hydrogen (secondary N) is 2. The first-order chi connectivity index (χ1) is 9.38. The molecule has 1 unspecified atom stereocenters. The Bertz CT molecular complexity index is 456. The van der Waals surface area contributed by atoms with Gasteiger partial charge in [-0.15, -0.1) is 0 Å². The third-order valence-electron chi connectivity index (χ3n) is 2.71. The summed E-state index contributed by atoms with van der Waals surface area (Å²) in [6, 6.07) is -0.0846. The molecule has 7 nitrogen and oxygen atoms in total. The Balaban J connectivity index is 2.26. The van der Waals surface area contributed by atoms with Crippen molar-refractivity contribution in [3.05, 3.63) is 18.2 Å². The number of urea groups is 1. The van der Waals surface area contributed by atoms with E-state index in [-0.39, 0.29) is 17.8 Å². The van der Waals surface area contributed by atoms with Crippen LogP contribution < -0.4 is 10.6 Å². The van der Waals surface area contributed by atoms with Gasteiger partial charge in [0.15, 0.2) is 5.69 Å². The number of rotatable bonds is 7. The van der Waals surface area contributed by atoms with Crippen molar-refractivity contribution in [3.63, 3.8) is 0 Å². The highest BCUT2D eigenvalue weighted by atomic mass is 16.4. The van der Waals surface area contributed by atoms with Crippen LogP contribution in [0.4, 0.5) is 4.79 Å². The van der Waals surface area contributed by atoms with Crippen LogP contribution in [-0.4, -0.2) is 39.2 Å². The molecule has 0 saturated heterocycles. The third-order valence-corrected chi connectivity index (χ3v) is 2.71. The predicted molar refractivity (Wildman–Crippen MR) is 74.6 cm³/mol. The molecule has 7 heteroatoms. The fourth-order valence-electron chi connectivity index (χ4n) is 1.93. The Hall–Kier alpha value is -2.05. The van der Waals surface area contributed by atoms with Crippen molar-refractivity contribution in [2.45, 2.75) is 39.8 Å². The normalized spacial score (nSPS) is 12.2. The summed E-state index contributed by atoms with van der Waals surface area (Å²) < 4.78 is 1.63. The lowest BCUT2D eigenvalue weighted by Gasteiger charge is -2.16. The SMILES string of the molecule is CC(C)CC(C)NC(=O)NCCn1cnc(C(=O)O)c1. The standard InChI is InChI=1S/C13H22N4O3/c1-9(2)6-10(3)16-13(20)14-4-5-17-7-11(12(18)19)15-8-17/h7-10H,4-6H2,1-3H3,(H,18,19)(H2,14,16,20). The van der Waals surface area contributed by atoms with Gasteiger partial charge in [-0.05, 0) is 19.3 Å². The first kappa shape index (κ1) is 16.0. The number of aromatic carboxylic acids is 1. The molecule has 0 spiro atoms. The minimum absolute atomic E-state index is 0.00000662. The third kappa shape index (κ3) is 5.73. The fourth-order valence-corrected chi connectivity index (χ4v) is 1.93. The van der Waals surface area contributed by atoms with Gasteiger partial charge in [-0.25, -0.2) is 14.6 Å². The number of carbonyl (C=O) groups excluding carboxylic acids is 1. The molecule has 0 fully saturated rings. The number of aromatic nitrogens is 2. The molecular weight excluding hydrogens is 260 g/mol. The fraction of sp³-hybridized carbons (Fsp3) is 0.615. The molecule has 112 valence electrons. The summed E-state index contributed by atoms with van der Waals surface area (Å²) in [4.78, 5) is 26.0. The molecule has 0 aliphatic rings. The molecule has 3 N–H and O–H groups in total. The first-order valence-corrected chi connectivity index (χ1v) is 6.68. The zero-order valence-corrected chi connectivity index (χ0v) is 12.1. The highest BCUT2D eigenvalue weighted by Gasteiger charge is 2.09. The summed E-state index contributed by atoms with van der Waals surface area (Å²) in [5.41, 5.74) is 0.00000662. The number of carboxylic acid groups (broad SMARTS) is 1. The van der Waals surface area contributed by atoms with E-state index >= 15 is 0 Å². The maximum atomic E-state index is 11.6. The summed E-state index contributed by atoms with van der Waals surface area (Å²) in [5.74, 6) is -0.525. The Morgan fingerprint density at radius 2 is 2.10 bits per heavy atom. The molecule has 1 aromatic rings. The van der Waals surface area contributed by atoms with Gasteiger partial charge < -0.3 is 20.3 Å². The molecule has 0 radical (unpaired) electrons. The maximum absolute atomic E-state index is 11.6. The largest absolute Gasteiger partial charge is 0.476 e. The van der Waals surface area contributed by atoms with Gasteiger partial charge in [-0.1, -0.05) is 13.8 Å². The van der Waals surface area contributed by atoms with Crippen LogP contribution >= 0.6 is 0 Å². The molecular formula is C13H22N4O3. The number of hydrogen-bond acceptors (Lipinski definition) is 3. The molecule has 0 saturated carbocycles. The number of carboxylic acids is 1. The smallest absolute Gasteiger partial charge is 0.356 e. The minimum atomic E-state index is -1.06. The van der Waals surface area contributed by atoms with Gasteiger partial charge in [0.2, 0.25) is 0 Å². The lowest BCUT2D eigenvalue weighted by atomic mass is 10.1. The van der Waals surface area contributed by atoms with Crippen molar-refractivity contribution in [1.29, 1.82) is 0 Å². The van der Waals surface area contributed by atoms with Crippen molar-refractivity contribution >= 4 is 12.0 Å². The summed E-state index contributed by atoms with van der Waals surface area (Å²) in [6.07, 6.45) is 3.80. The van der Waals surface area contributed by atoms with E-state index in [2.05, 4.69) is 29.5 Å². The van der Waals surface area contributed by atoms with Gasteiger partial charge in [-0.3, -0.25) is 0 Å². The lowest BCUT2D eigenvalue weighted by molar-refractivity contribution is 0.0691. The molecule has 0 aliphatic carbocycles. The number of imidazole rings is 1. The van der Waals surface area contributed by atoms with E-state index in [0.717, 1.165) is 6.42 Å². The highest BCUT2D eigenvalue weighted by molar-refractivity contribution is 5.84. The second-order valence-electron chi connectivity index (χ2n) is 5.23. The van der Waals surface area contributed by atoms with Gasteiger partial charge >= 0.3 is 12.0 Å². The van der Waals surface area contributed by atoms with Crippen LogP contribution in [0.1, 0.15) is 37.7 Å². The van der Waals surface area contributed by atoms with Crippen molar-refractivity contribution in [2.75, 3.05) is 6.54 Å². The summed E-state index contributed by atoms with van der Waals surface area (Å²) >= 11 is 0. The second-order valence-corrected chi connectivity index (χ2v) is 5.23. The second kappa shape index (κ2) is 7.52. The van der Waals surface area contributed by atoms with Crippen LogP contribution in [0.5, 0.6) is 0 Å². The van der Waals surface area contributed by atoms with Crippen molar-refractivity contribution < 1.29 is 14.7 Å². The molecule has 1 atom stereocenters. The monoisotopic (exact) mass is 282 g/mol. The first-order valence-electron chi connectivity index (χ1n) is 6.68. The topological polar surface area (TPSA) is 96.3 Å². The van der Waals surface area contributed by atoms with Gasteiger partial charge in [-0.2, -0.15) is 0 Å². The number of hydrogen-bond donors (Lipinski definition) is 3. The summed E-state index contributed by atoms with van der Waals surface area (Å²) in [7, 11) is 0.